The fraction of sp³-hybridized carbons (Fsp3) is 0.500. The first-order valence-corrected chi connectivity index (χ1v) is 9.00. The van der Waals surface area contributed by atoms with Crippen molar-refractivity contribution in [2.24, 2.45) is 11.7 Å². The highest BCUT2D eigenvalue weighted by Gasteiger charge is 2.31. The van der Waals surface area contributed by atoms with Crippen molar-refractivity contribution in [3.05, 3.63) is 41.5 Å². The van der Waals surface area contributed by atoms with Gasteiger partial charge in [-0.1, -0.05) is 12.1 Å². The lowest BCUT2D eigenvalue weighted by Gasteiger charge is -2.34. The van der Waals surface area contributed by atoms with Gasteiger partial charge in [-0.25, -0.2) is 9.07 Å². The van der Waals surface area contributed by atoms with Crippen LogP contribution < -0.4 is 5.73 Å². The summed E-state index contributed by atoms with van der Waals surface area (Å²) in [5.41, 5.74) is 6.10. The summed E-state index contributed by atoms with van der Waals surface area (Å²) in [6, 6.07) is 5.47. The molecule has 1 aromatic carbocycles. The number of hydrogen-bond donors (Lipinski definition) is 1. The molecule has 9 heteroatoms. The average Bonchev–Trinajstić information content (AvgIpc) is 3.06. The van der Waals surface area contributed by atoms with Crippen molar-refractivity contribution in [1.29, 1.82) is 0 Å². The zero-order chi connectivity index (χ0) is 19.4. The first-order chi connectivity index (χ1) is 12.9. The van der Waals surface area contributed by atoms with Gasteiger partial charge in [0.2, 0.25) is 11.8 Å². The van der Waals surface area contributed by atoms with Crippen molar-refractivity contribution >= 4 is 11.8 Å². The van der Waals surface area contributed by atoms with Crippen LogP contribution in [0.3, 0.4) is 0 Å². The normalized spacial score (nSPS) is 16.3. The number of likely N-dealkylation sites (tertiary alicyclic amines) is 1. The Hall–Kier alpha value is -2.84. The van der Waals surface area contributed by atoms with Gasteiger partial charge in [0, 0.05) is 25.9 Å². The quantitative estimate of drug-likeness (QED) is 0.812. The SMILES string of the molecule is Cc1nnnn1C(Cc1ccc(F)cc1)C(=O)N1CCC(CC(N)=O)CC1. The van der Waals surface area contributed by atoms with Gasteiger partial charge in [-0.05, 0) is 53.8 Å². The van der Waals surface area contributed by atoms with Crippen molar-refractivity contribution in [1.82, 2.24) is 25.1 Å². The van der Waals surface area contributed by atoms with Gasteiger partial charge in [-0.2, -0.15) is 0 Å². The molecule has 1 aromatic heterocycles. The number of carbonyl (C=O) groups excluding carboxylic acids is 2. The van der Waals surface area contributed by atoms with Crippen molar-refractivity contribution in [3.8, 4) is 0 Å². The highest BCUT2D eigenvalue weighted by molar-refractivity contribution is 5.81. The molecule has 1 fully saturated rings. The van der Waals surface area contributed by atoms with Crippen LogP contribution in [-0.4, -0.2) is 50.0 Å². The molecule has 1 atom stereocenters. The molecular formula is C18H23FN6O2. The summed E-state index contributed by atoms with van der Waals surface area (Å²) in [6.07, 6.45) is 2.21. The lowest BCUT2D eigenvalue weighted by Crippen LogP contribution is -2.44. The summed E-state index contributed by atoms with van der Waals surface area (Å²) in [5.74, 6) is 0.0539. The zero-order valence-electron chi connectivity index (χ0n) is 15.2. The number of rotatable bonds is 6. The van der Waals surface area contributed by atoms with Gasteiger partial charge in [0.25, 0.3) is 0 Å². The summed E-state index contributed by atoms with van der Waals surface area (Å²) in [4.78, 5) is 26.1. The minimum Gasteiger partial charge on any atom is -0.370 e. The van der Waals surface area contributed by atoms with Crippen LogP contribution in [0, 0.1) is 18.7 Å². The Morgan fingerprint density at radius 3 is 2.48 bits per heavy atom. The number of primary amides is 1. The number of nitrogens with two attached hydrogens (primary N) is 1. The number of aromatic nitrogens is 4. The van der Waals surface area contributed by atoms with E-state index in [-0.39, 0.29) is 23.5 Å². The van der Waals surface area contributed by atoms with E-state index in [1.165, 1.54) is 16.8 Å². The third kappa shape index (κ3) is 4.66. The third-order valence-corrected chi connectivity index (χ3v) is 5.00. The molecule has 144 valence electrons. The predicted octanol–water partition coefficient (Wildman–Crippen LogP) is 1.02. The Morgan fingerprint density at radius 2 is 1.93 bits per heavy atom. The highest BCUT2D eigenvalue weighted by Crippen LogP contribution is 2.24. The predicted molar refractivity (Wildman–Crippen MR) is 94.8 cm³/mol. The Kier molecular flexibility index (Phi) is 5.78. The molecule has 0 radical (unpaired) electrons. The maximum atomic E-state index is 13.2. The smallest absolute Gasteiger partial charge is 0.247 e. The largest absolute Gasteiger partial charge is 0.370 e. The van der Waals surface area contributed by atoms with Gasteiger partial charge < -0.3 is 10.6 Å². The van der Waals surface area contributed by atoms with Crippen LogP contribution in [0.25, 0.3) is 0 Å². The van der Waals surface area contributed by atoms with Gasteiger partial charge in [-0.3, -0.25) is 9.59 Å². The van der Waals surface area contributed by atoms with Crippen LogP contribution >= 0.6 is 0 Å². The summed E-state index contributed by atoms with van der Waals surface area (Å²) in [5, 5.41) is 11.5. The number of nitrogens with zero attached hydrogens (tertiary/aromatic N) is 5. The molecule has 0 spiro atoms. The average molecular weight is 374 g/mol. The van der Waals surface area contributed by atoms with E-state index in [0.717, 1.165) is 18.4 Å². The van der Waals surface area contributed by atoms with Crippen molar-refractivity contribution in [3.63, 3.8) is 0 Å². The van der Waals surface area contributed by atoms with Gasteiger partial charge in [-0.15, -0.1) is 5.10 Å². The number of amides is 2. The number of hydrogen-bond acceptors (Lipinski definition) is 5. The Morgan fingerprint density at radius 1 is 1.26 bits per heavy atom. The maximum Gasteiger partial charge on any atom is 0.247 e. The number of carbonyl (C=O) groups is 2. The molecule has 0 bridgehead atoms. The summed E-state index contributed by atoms with van der Waals surface area (Å²) in [7, 11) is 0. The minimum atomic E-state index is -0.599. The van der Waals surface area contributed by atoms with Crippen LogP contribution in [0.2, 0.25) is 0 Å². The Labute approximate surface area is 156 Å². The second-order valence-corrected chi connectivity index (χ2v) is 6.96. The van der Waals surface area contributed by atoms with E-state index >= 15 is 0 Å². The number of piperidine rings is 1. The molecular weight excluding hydrogens is 351 g/mol. The standard InChI is InChI=1S/C18H23FN6O2/c1-12-21-22-23-25(12)16(10-13-2-4-15(19)5-3-13)18(27)24-8-6-14(7-9-24)11-17(20)26/h2-5,14,16H,6-11H2,1H3,(H2,20,26). The van der Waals surface area contributed by atoms with E-state index in [2.05, 4.69) is 15.5 Å². The highest BCUT2D eigenvalue weighted by atomic mass is 19.1. The molecule has 2 N–H and O–H groups in total. The summed E-state index contributed by atoms with van der Waals surface area (Å²) < 4.78 is 14.7. The lowest BCUT2D eigenvalue weighted by molar-refractivity contribution is -0.136. The lowest BCUT2D eigenvalue weighted by atomic mass is 9.92. The number of halogens is 1. The molecule has 1 aliphatic rings. The molecule has 27 heavy (non-hydrogen) atoms. The second-order valence-electron chi connectivity index (χ2n) is 6.96. The molecule has 1 aliphatic heterocycles. The molecule has 2 heterocycles. The van der Waals surface area contributed by atoms with E-state index in [9.17, 15) is 14.0 Å². The summed E-state index contributed by atoms with van der Waals surface area (Å²) >= 11 is 0. The number of benzene rings is 1. The van der Waals surface area contributed by atoms with Crippen LogP contribution in [0.15, 0.2) is 24.3 Å². The second kappa shape index (κ2) is 8.24. The Balaban J connectivity index is 1.75. The monoisotopic (exact) mass is 374 g/mol. The minimum absolute atomic E-state index is 0.0766. The first kappa shape index (κ1) is 18.9. The molecule has 2 aromatic rings. The van der Waals surface area contributed by atoms with E-state index in [1.54, 1.807) is 24.0 Å². The fourth-order valence-electron chi connectivity index (χ4n) is 3.50. The Bertz CT molecular complexity index is 798. The molecule has 1 saturated heterocycles. The van der Waals surface area contributed by atoms with Crippen molar-refractivity contribution < 1.29 is 14.0 Å². The van der Waals surface area contributed by atoms with E-state index in [1.807, 2.05) is 0 Å². The van der Waals surface area contributed by atoms with Gasteiger partial charge in [0.05, 0.1) is 0 Å². The van der Waals surface area contributed by atoms with Gasteiger partial charge >= 0.3 is 0 Å². The molecule has 2 amide bonds. The van der Waals surface area contributed by atoms with Crippen LogP contribution in [-0.2, 0) is 16.0 Å². The zero-order valence-corrected chi connectivity index (χ0v) is 15.2. The van der Waals surface area contributed by atoms with Crippen molar-refractivity contribution in [2.75, 3.05) is 13.1 Å². The number of aryl methyl sites for hydroxylation is 1. The molecule has 0 aliphatic carbocycles. The summed E-state index contributed by atoms with van der Waals surface area (Å²) in [6.45, 7) is 2.87. The van der Waals surface area contributed by atoms with E-state index < -0.39 is 6.04 Å². The van der Waals surface area contributed by atoms with E-state index in [0.29, 0.717) is 31.8 Å². The van der Waals surface area contributed by atoms with E-state index in [4.69, 9.17) is 5.73 Å². The number of tetrazole rings is 1. The van der Waals surface area contributed by atoms with Crippen LogP contribution in [0.1, 0.15) is 36.7 Å². The van der Waals surface area contributed by atoms with Gasteiger partial charge in [0.15, 0.2) is 0 Å². The third-order valence-electron chi connectivity index (χ3n) is 5.00. The molecule has 3 rings (SSSR count). The van der Waals surface area contributed by atoms with Gasteiger partial charge in [0.1, 0.15) is 17.7 Å². The maximum absolute atomic E-state index is 13.2. The van der Waals surface area contributed by atoms with Crippen molar-refractivity contribution in [2.45, 2.75) is 38.6 Å². The molecule has 8 nitrogen and oxygen atoms in total. The topological polar surface area (TPSA) is 107 Å². The first-order valence-electron chi connectivity index (χ1n) is 9.00. The van der Waals surface area contributed by atoms with Crippen LogP contribution in [0.4, 0.5) is 4.39 Å². The molecule has 1 unspecified atom stereocenters. The fourth-order valence-corrected chi connectivity index (χ4v) is 3.50. The van der Waals surface area contributed by atoms with Crippen LogP contribution in [0.5, 0.6) is 0 Å². The molecule has 0 saturated carbocycles.